The fourth-order valence-electron chi connectivity index (χ4n) is 2.51. The van der Waals surface area contributed by atoms with Crippen LogP contribution in [0.4, 0.5) is 11.4 Å². The van der Waals surface area contributed by atoms with Crippen LogP contribution in [0.5, 0.6) is 0 Å². The van der Waals surface area contributed by atoms with Crippen molar-refractivity contribution in [3.8, 4) is 0 Å². The number of carbonyl (C=O) groups is 2. The predicted molar refractivity (Wildman–Crippen MR) is 112 cm³/mol. The van der Waals surface area contributed by atoms with Crippen molar-refractivity contribution in [3.63, 3.8) is 0 Å². The molecule has 29 heavy (non-hydrogen) atoms. The van der Waals surface area contributed by atoms with Crippen LogP contribution in [0.25, 0.3) is 0 Å². The van der Waals surface area contributed by atoms with Crippen LogP contribution in [0, 0.1) is 17.0 Å². The van der Waals surface area contributed by atoms with E-state index in [4.69, 9.17) is 0 Å². The maximum absolute atomic E-state index is 12.2. The summed E-state index contributed by atoms with van der Waals surface area (Å²) in [5, 5.41) is 23.6. The average molecular weight is 411 g/mol. The summed E-state index contributed by atoms with van der Waals surface area (Å²) in [5.41, 5.74) is 1.94. The molecule has 1 aliphatic heterocycles. The second-order valence-corrected chi connectivity index (χ2v) is 7.37. The lowest BCUT2D eigenvalue weighted by molar-refractivity contribution is -0.385. The topological polar surface area (TPSA) is 126 Å². The fraction of sp³-hybridized carbons (Fsp3) is 0.158. The zero-order valence-electron chi connectivity index (χ0n) is 15.4. The van der Waals surface area contributed by atoms with Gasteiger partial charge in [0.25, 0.3) is 5.69 Å². The molecule has 2 amide bonds. The summed E-state index contributed by atoms with van der Waals surface area (Å²) < 4.78 is 0. The highest BCUT2D eigenvalue weighted by Crippen LogP contribution is 2.23. The standard InChI is InChI=1S/C19H17N5O4S/c1-12-6-8-14(9-7-12)21-17(25)10-16-18(26)22-19(29-16)23-20-11-13-4-2-3-5-15(13)24(27)28/h2-9,11,16H,10H2,1H3,(H,21,25)(H,22,23,26)/b20-11-/t16-/m1/s1. The Balaban J connectivity index is 1.59. The van der Waals surface area contributed by atoms with Gasteiger partial charge in [-0.05, 0) is 25.1 Å². The first-order valence-corrected chi connectivity index (χ1v) is 9.49. The lowest BCUT2D eigenvalue weighted by atomic mass is 10.2. The monoisotopic (exact) mass is 411 g/mol. The summed E-state index contributed by atoms with van der Waals surface area (Å²) in [7, 11) is 0. The molecule has 0 spiro atoms. The molecule has 148 valence electrons. The number of carbonyl (C=O) groups excluding carboxylic acids is 2. The molecule has 0 bridgehead atoms. The number of nitrogens with zero attached hydrogens (tertiary/aromatic N) is 3. The van der Waals surface area contributed by atoms with Crippen LogP contribution in [0.1, 0.15) is 17.5 Å². The Kier molecular flexibility index (Phi) is 6.35. The zero-order chi connectivity index (χ0) is 20.8. The smallest absolute Gasteiger partial charge is 0.278 e. The highest BCUT2D eigenvalue weighted by Gasteiger charge is 2.32. The Morgan fingerprint density at radius 3 is 2.72 bits per heavy atom. The Morgan fingerprint density at radius 2 is 2.00 bits per heavy atom. The van der Waals surface area contributed by atoms with Crippen molar-refractivity contribution in [2.75, 3.05) is 5.32 Å². The van der Waals surface area contributed by atoms with Crippen LogP contribution in [0.3, 0.4) is 0 Å². The first-order chi connectivity index (χ1) is 13.9. The van der Waals surface area contributed by atoms with E-state index in [-0.39, 0.29) is 29.1 Å². The SMILES string of the molecule is Cc1ccc(NC(=O)C[C@H]2S/C(=N\N=C/c3ccccc3[N+](=O)[O-])NC2=O)cc1. The van der Waals surface area contributed by atoms with Crippen molar-refractivity contribution in [1.29, 1.82) is 0 Å². The molecule has 1 saturated heterocycles. The van der Waals surface area contributed by atoms with Gasteiger partial charge < -0.3 is 10.6 Å². The first kappa shape index (κ1) is 20.2. The van der Waals surface area contributed by atoms with E-state index in [9.17, 15) is 19.7 Å². The third-order valence-corrected chi connectivity index (χ3v) is 5.03. The quantitative estimate of drug-likeness (QED) is 0.429. The molecule has 1 aliphatic rings. The van der Waals surface area contributed by atoms with Gasteiger partial charge in [-0.2, -0.15) is 5.10 Å². The van der Waals surface area contributed by atoms with Crippen molar-refractivity contribution in [2.24, 2.45) is 10.2 Å². The lowest BCUT2D eigenvalue weighted by Crippen LogP contribution is -2.28. The minimum Gasteiger partial charge on any atom is -0.326 e. The second-order valence-electron chi connectivity index (χ2n) is 6.18. The van der Waals surface area contributed by atoms with Gasteiger partial charge in [0, 0.05) is 18.2 Å². The minimum atomic E-state index is -0.625. The van der Waals surface area contributed by atoms with Gasteiger partial charge in [0.2, 0.25) is 11.8 Å². The summed E-state index contributed by atoms with van der Waals surface area (Å²) >= 11 is 1.09. The van der Waals surface area contributed by atoms with Crippen LogP contribution in [0.15, 0.2) is 58.7 Å². The molecule has 0 aliphatic carbocycles. The molecule has 0 radical (unpaired) electrons. The summed E-state index contributed by atoms with van der Waals surface area (Å²) in [5.74, 6) is -0.625. The molecule has 9 nitrogen and oxygen atoms in total. The van der Waals surface area contributed by atoms with Crippen LogP contribution in [-0.4, -0.2) is 33.4 Å². The highest BCUT2D eigenvalue weighted by atomic mass is 32.2. The number of amidine groups is 1. The number of thioether (sulfide) groups is 1. The van der Waals surface area contributed by atoms with E-state index in [1.807, 2.05) is 19.1 Å². The van der Waals surface area contributed by atoms with E-state index < -0.39 is 10.2 Å². The molecule has 2 aromatic rings. The van der Waals surface area contributed by atoms with E-state index in [1.165, 1.54) is 12.3 Å². The number of nitro groups is 1. The number of benzene rings is 2. The fourth-order valence-corrected chi connectivity index (χ4v) is 3.43. The lowest BCUT2D eigenvalue weighted by Gasteiger charge is -2.07. The molecule has 3 rings (SSSR count). The summed E-state index contributed by atoms with van der Waals surface area (Å²) in [6, 6.07) is 13.5. The molecule has 1 fully saturated rings. The number of hydrogen-bond acceptors (Lipinski definition) is 7. The Bertz CT molecular complexity index is 1000. The predicted octanol–water partition coefficient (Wildman–Crippen LogP) is 2.85. The molecule has 0 saturated carbocycles. The number of hydrogen-bond donors (Lipinski definition) is 2. The van der Waals surface area contributed by atoms with E-state index in [2.05, 4.69) is 20.8 Å². The largest absolute Gasteiger partial charge is 0.326 e. The molecular weight excluding hydrogens is 394 g/mol. The molecule has 1 atom stereocenters. The maximum atomic E-state index is 12.2. The van der Waals surface area contributed by atoms with Gasteiger partial charge >= 0.3 is 0 Å². The van der Waals surface area contributed by atoms with Gasteiger partial charge in [0.15, 0.2) is 5.17 Å². The van der Waals surface area contributed by atoms with Crippen molar-refractivity contribution < 1.29 is 14.5 Å². The maximum Gasteiger partial charge on any atom is 0.278 e. The number of rotatable bonds is 6. The molecule has 1 heterocycles. The Labute approximate surface area is 170 Å². The number of para-hydroxylation sites is 1. The number of anilines is 1. The summed E-state index contributed by atoms with van der Waals surface area (Å²) in [6.07, 6.45) is 1.23. The zero-order valence-corrected chi connectivity index (χ0v) is 16.2. The van der Waals surface area contributed by atoms with Crippen molar-refractivity contribution in [1.82, 2.24) is 5.32 Å². The van der Waals surface area contributed by atoms with Crippen LogP contribution < -0.4 is 10.6 Å². The number of nitro benzene ring substituents is 1. The van der Waals surface area contributed by atoms with Crippen molar-refractivity contribution in [3.05, 3.63) is 69.8 Å². The van der Waals surface area contributed by atoms with Gasteiger partial charge in [-0.3, -0.25) is 19.7 Å². The molecular formula is C19H17N5O4S. The van der Waals surface area contributed by atoms with Gasteiger partial charge in [0.05, 0.1) is 16.7 Å². The number of aryl methyl sites for hydroxylation is 1. The van der Waals surface area contributed by atoms with Gasteiger partial charge in [-0.25, -0.2) is 0 Å². The van der Waals surface area contributed by atoms with E-state index in [0.29, 0.717) is 11.3 Å². The average Bonchev–Trinajstić information content (AvgIpc) is 3.03. The summed E-state index contributed by atoms with van der Waals surface area (Å²) in [4.78, 5) is 34.7. The highest BCUT2D eigenvalue weighted by molar-refractivity contribution is 8.15. The Hall–Kier alpha value is -3.53. The number of amides is 2. The van der Waals surface area contributed by atoms with Crippen molar-refractivity contribution >= 4 is 46.3 Å². The molecule has 2 N–H and O–H groups in total. The van der Waals surface area contributed by atoms with Crippen molar-refractivity contribution in [2.45, 2.75) is 18.6 Å². The van der Waals surface area contributed by atoms with Gasteiger partial charge in [-0.15, -0.1) is 5.10 Å². The molecule has 0 unspecified atom stereocenters. The third-order valence-electron chi connectivity index (χ3n) is 3.96. The normalized spacial score (nSPS) is 17.5. The van der Waals surface area contributed by atoms with Crippen LogP contribution in [0.2, 0.25) is 0 Å². The number of nitrogens with one attached hydrogen (secondary N) is 2. The minimum absolute atomic E-state index is 0.0166. The van der Waals surface area contributed by atoms with E-state index in [0.717, 1.165) is 17.3 Å². The second kappa shape index (κ2) is 9.11. The molecule has 2 aromatic carbocycles. The molecule has 0 aromatic heterocycles. The van der Waals surface area contributed by atoms with Gasteiger partial charge in [-0.1, -0.05) is 41.6 Å². The first-order valence-electron chi connectivity index (χ1n) is 8.61. The third kappa shape index (κ3) is 5.48. The summed E-state index contributed by atoms with van der Waals surface area (Å²) in [6.45, 7) is 1.95. The van der Waals surface area contributed by atoms with Gasteiger partial charge in [0.1, 0.15) is 5.25 Å². The van der Waals surface area contributed by atoms with E-state index >= 15 is 0 Å². The molecule has 10 heteroatoms. The Morgan fingerprint density at radius 1 is 1.28 bits per heavy atom. The van der Waals surface area contributed by atoms with E-state index in [1.54, 1.807) is 30.3 Å². The van der Waals surface area contributed by atoms with Crippen LogP contribution in [-0.2, 0) is 9.59 Å². The van der Waals surface area contributed by atoms with Crippen LogP contribution >= 0.6 is 11.8 Å².